The van der Waals surface area contributed by atoms with Gasteiger partial charge in [0.1, 0.15) is 12.4 Å². The summed E-state index contributed by atoms with van der Waals surface area (Å²) in [6.45, 7) is 8.34. The summed E-state index contributed by atoms with van der Waals surface area (Å²) in [5, 5.41) is 0. The number of carbonyl (C=O) groups is 2. The minimum absolute atomic E-state index is 0.157. The lowest BCUT2D eigenvalue weighted by molar-refractivity contribution is -0.147. The minimum Gasteiger partial charge on any atom is -0.462 e. The number of hydrogen-bond acceptors (Lipinski definition) is 7. The van der Waals surface area contributed by atoms with Gasteiger partial charge in [0.05, 0.1) is 18.7 Å². The summed E-state index contributed by atoms with van der Waals surface area (Å²) in [4.78, 5) is 32.9. The van der Waals surface area contributed by atoms with Crippen LogP contribution in [0.1, 0.15) is 36.7 Å². The lowest BCUT2D eigenvalue weighted by Crippen LogP contribution is -2.58. The van der Waals surface area contributed by atoms with Gasteiger partial charge < -0.3 is 14.4 Å². The maximum absolute atomic E-state index is 12.3. The molecule has 2 atom stereocenters. The monoisotopic (exact) mass is 411 g/mol. The third-order valence-corrected chi connectivity index (χ3v) is 5.24. The van der Waals surface area contributed by atoms with E-state index in [9.17, 15) is 9.59 Å². The van der Waals surface area contributed by atoms with Crippen molar-refractivity contribution in [1.82, 2.24) is 9.88 Å². The second kappa shape index (κ2) is 10.2. The first-order chi connectivity index (χ1) is 14.5. The molecule has 2 heterocycles. The van der Waals surface area contributed by atoms with Gasteiger partial charge in [0.2, 0.25) is 0 Å². The maximum Gasteiger partial charge on any atom is 0.339 e. The quantitative estimate of drug-likeness (QED) is 0.649. The van der Waals surface area contributed by atoms with Crippen LogP contribution < -0.4 is 4.90 Å². The van der Waals surface area contributed by atoms with E-state index in [1.807, 2.05) is 36.4 Å². The number of benzene rings is 1. The fourth-order valence-corrected chi connectivity index (χ4v) is 3.70. The molecule has 0 bridgehead atoms. The summed E-state index contributed by atoms with van der Waals surface area (Å²) in [6.07, 6.45) is 1.55. The number of carbonyl (C=O) groups excluding carboxylic acids is 2. The summed E-state index contributed by atoms with van der Waals surface area (Å²) in [7, 11) is 0. The van der Waals surface area contributed by atoms with Crippen LogP contribution >= 0.6 is 0 Å². The Bertz CT molecular complexity index is 829. The normalized spacial score (nSPS) is 19.4. The van der Waals surface area contributed by atoms with Crippen molar-refractivity contribution < 1.29 is 19.1 Å². The molecule has 0 spiro atoms. The van der Waals surface area contributed by atoms with Crippen LogP contribution in [0.15, 0.2) is 48.7 Å². The van der Waals surface area contributed by atoms with Crippen LogP contribution in [0, 0.1) is 0 Å². The maximum atomic E-state index is 12.3. The second-order valence-electron chi connectivity index (χ2n) is 7.55. The van der Waals surface area contributed by atoms with E-state index in [-0.39, 0.29) is 30.6 Å². The van der Waals surface area contributed by atoms with Crippen molar-refractivity contribution in [2.24, 2.45) is 0 Å². The Morgan fingerprint density at radius 2 is 1.73 bits per heavy atom. The molecule has 0 saturated carbocycles. The van der Waals surface area contributed by atoms with Gasteiger partial charge in [-0.25, -0.2) is 9.78 Å². The van der Waals surface area contributed by atoms with E-state index in [2.05, 4.69) is 28.6 Å². The van der Waals surface area contributed by atoms with E-state index in [0.29, 0.717) is 18.8 Å². The summed E-state index contributed by atoms with van der Waals surface area (Å²) in [5.41, 5.74) is 1.43. The fraction of sp³-hybridized carbons (Fsp3) is 0.435. The van der Waals surface area contributed by atoms with Crippen LogP contribution in [-0.2, 0) is 20.9 Å². The van der Waals surface area contributed by atoms with Crippen molar-refractivity contribution in [1.29, 1.82) is 0 Å². The topological polar surface area (TPSA) is 72.0 Å². The molecule has 7 nitrogen and oxygen atoms in total. The number of hydrogen-bond donors (Lipinski definition) is 0. The van der Waals surface area contributed by atoms with Gasteiger partial charge in [-0.2, -0.15) is 0 Å². The van der Waals surface area contributed by atoms with Gasteiger partial charge >= 0.3 is 11.9 Å². The largest absolute Gasteiger partial charge is 0.462 e. The van der Waals surface area contributed by atoms with Crippen molar-refractivity contribution >= 4 is 17.8 Å². The lowest BCUT2D eigenvalue weighted by atomic mass is 10.1. The highest BCUT2D eigenvalue weighted by Crippen LogP contribution is 2.21. The van der Waals surface area contributed by atoms with E-state index in [1.165, 1.54) is 0 Å². The molecule has 2 aromatic rings. The predicted molar refractivity (Wildman–Crippen MR) is 114 cm³/mol. The second-order valence-corrected chi connectivity index (χ2v) is 7.55. The smallest absolute Gasteiger partial charge is 0.339 e. The third-order valence-electron chi connectivity index (χ3n) is 5.24. The SMILES string of the molecule is CCOC(=O)c1ccc(N2CC(C)N(CC(=O)OCc3ccccc3)C(C)C2)nc1. The van der Waals surface area contributed by atoms with E-state index in [0.717, 1.165) is 24.5 Å². The first-order valence-corrected chi connectivity index (χ1v) is 10.3. The van der Waals surface area contributed by atoms with Crippen LogP contribution in [-0.4, -0.2) is 60.1 Å². The zero-order valence-electron chi connectivity index (χ0n) is 17.8. The number of aromatic nitrogens is 1. The molecule has 0 radical (unpaired) electrons. The van der Waals surface area contributed by atoms with Crippen LogP contribution in [0.4, 0.5) is 5.82 Å². The molecule has 1 aliphatic rings. The van der Waals surface area contributed by atoms with Crippen LogP contribution in [0.25, 0.3) is 0 Å². The summed E-state index contributed by atoms with van der Waals surface area (Å²) < 4.78 is 10.4. The molecular weight excluding hydrogens is 382 g/mol. The van der Waals surface area contributed by atoms with E-state index in [1.54, 1.807) is 19.2 Å². The number of rotatable bonds is 7. The molecule has 2 unspecified atom stereocenters. The van der Waals surface area contributed by atoms with Gasteiger partial charge in [-0.3, -0.25) is 9.69 Å². The number of piperazine rings is 1. The Kier molecular flexibility index (Phi) is 7.41. The Labute approximate surface area is 177 Å². The van der Waals surface area contributed by atoms with E-state index < -0.39 is 0 Å². The molecule has 1 aliphatic heterocycles. The molecule has 160 valence electrons. The van der Waals surface area contributed by atoms with E-state index >= 15 is 0 Å². The molecule has 0 amide bonds. The van der Waals surface area contributed by atoms with Gasteiger partial charge in [-0.1, -0.05) is 30.3 Å². The molecule has 0 aliphatic carbocycles. The van der Waals surface area contributed by atoms with Crippen LogP contribution in [0.2, 0.25) is 0 Å². The minimum atomic E-state index is -0.364. The summed E-state index contributed by atoms with van der Waals surface area (Å²) in [6, 6.07) is 13.6. The predicted octanol–water partition coefficient (Wildman–Crippen LogP) is 2.90. The van der Waals surface area contributed by atoms with E-state index in [4.69, 9.17) is 9.47 Å². The molecule has 1 aromatic heterocycles. The number of ether oxygens (including phenoxy) is 2. The number of nitrogens with zero attached hydrogens (tertiary/aromatic N) is 3. The van der Waals surface area contributed by atoms with Crippen LogP contribution in [0.5, 0.6) is 0 Å². The molecule has 3 rings (SSSR count). The number of anilines is 1. The molecule has 0 N–H and O–H groups in total. The number of pyridine rings is 1. The Morgan fingerprint density at radius 3 is 2.33 bits per heavy atom. The molecule has 1 saturated heterocycles. The number of esters is 2. The van der Waals surface area contributed by atoms with Gasteiger partial charge in [0.25, 0.3) is 0 Å². The fourth-order valence-electron chi connectivity index (χ4n) is 3.70. The Balaban J connectivity index is 1.54. The van der Waals surface area contributed by atoms with Gasteiger partial charge in [-0.15, -0.1) is 0 Å². The lowest BCUT2D eigenvalue weighted by Gasteiger charge is -2.44. The Morgan fingerprint density at radius 1 is 1.03 bits per heavy atom. The van der Waals surface area contributed by atoms with Crippen LogP contribution in [0.3, 0.4) is 0 Å². The molecule has 30 heavy (non-hydrogen) atoms. The van der Waals surface area contributed by atoms with Crippen molar-refractivity contribution in [3.8, 4) is 0 Å². The third kappa shape index (κ3) is 5.57. The summed E-state index contributed by atoms with van der Waals surface area (Å²) >= 11 is 0. The van der Waals surface area contributed by atoms with Crippen molar-refractivity contribution in [2.45, 2.75) is 39.5 Å². The average Bonchev–Trinajstić information content (AvgIpc) is 2.75. The first kappa shape index (κ1) is 21.8. The zero-order chi connectivity index (χ0) is 21.5. The van der Waals surface area contributed by atoms with Crippen molar-refractivity contribution in [2.75, 3.05) is 31.1 Å². The molecular formula is C23H29N3O4. The molecule has 1 fully saturated rings. The standard InChI is InChI=1S/C23H29N3O4/c1-4-29-23(28)20-10-11-21(24-12-20)25-13-17(2)26(18(3)14-25)15-22(27)30-16-19-8-6-5-7-9-19/h5-12,17-18H,4,13-16H2,1-3H3. The average molecular weight is 412 g/mol. The summed E-state index contributed by atoms with van der Waals surface area (Å²) in [5.74, 6) is 0.230. The van der Waals surface area contributed by atoms with Gasteiger partial charge in [0, 0.05) is 31.4 Å². The highest BCUT2D eigenvalue weighted by molar-refractivity contribution is 5.89. The molecule has 1 aromatic carbocycles. The van der Waals surface area contributed by atoms with Gasteiger partial charge in [-0.05, 0) is 38.5 Å². The highest BCUT2D eigenvalue weighted by atomic mass is 16.5. The van der Waals surface area contributed by atoms with Crippen molar-refractivity contribution in [3.63, 3.8) is 0 Å². The highest BCUT2D eigenvalue weighted by Gasteiger charge is 2.31. The Hall–Kier alpha value is -2.93. The van der Waals surface area contributed by atoms with Gasteiger partial charge in [0.15, 0.2) is 0 Å². The first-order valence-electron chi connectivity index (χ1n) is 10.3. The van der Waals surface area contributed by atoms with Crippen molar-refractivity contribution in [3.05, 3.63) is 59.8 Å². The molecule has 7 heteroatoms. The zero-order valence-corrected chi connectivity index (χ0v) is 17.8.